The zero-order valence-electron chi connectivity index (χ0n) is 13.0. The van der Waals surface area contributed by atoms with Crippen LogP contribution >= 0.6 is 0 Å². The highest BCUT2D eigenvalue weighted by atomic mass is 16.5. The smallest absolute Gasteiger partial charge is 0.327 e. The Morgan fingerprint density at radius 2 is 2.08 bits per heavy atom. The number of carbonyl (C=O) groups is 2. The summed E-state index contributed by atoms with van der Waals surface area (Å²) >= 11 is 0. The van der Waals surface area contributed by atoms with Crippen molar-refractivity contribution in [3.05, 3.63) is 72.1 Å². The molecule has 0 aliphatic carbocycles. The molecule has 0 saturated heterocycles. The quantitative estimate of drug-likeness (QED) is 0.727. The first kappa shape index (κ1) is 17.2. The number of carboxylic acid groups (broad SMARTS) is 1. The van der Waals surface area contributed by atoms with Gasteiger partial charge in [-0.1, -0.05) is 24.3 Å². The molecule has 0 aliphatic rings. The summed E-state index contributed by atoms with van der Waals surface area (Å²) < 4.78 is 5.68. The number of carbonyl (C=O) groups excluding carboxylic acids is 1. The molecule has 1 amide bonds. The van der Waals surface area contributed by atoms with Crippen LogP contribution in [0.2, 0.25) is 0 Å². The van der Waals surface area contributed by atoms with Gasteiger partial charge >= 0.3 is 5.97 Å². The van der Waals surface area contributed by atoms with Gasteiger partial charge in [0, 0.05) is 25.2 Å². The fourth-order valence-corrected chi connectivity index (χ4v) is 1.93. The molecule has 0 aliphatic heterocycles. The van der Waals surface area contributed by atoms with Gasteiger partial charge in [0.25, 0.3) is 0 Å². The number of hydrogen-bond acceptors (Lipinski definition) is 4. The Hall–Kier alpha value is -3.15. The minimum atomic E-state index is -1.07. The van der Waals surface area contributed by atoms with Crippen molar-refractivity contribution >= 4 is 11.9 Å². The molecule has 24 heavy (non-hydrogen) atoms. The summed E-state index contributed by atoms with van der Waals surface area (Å²) in [5.41, 5.74) is 1.73. The first-order chi connectivity index (χ1) is 11.6. The molecule has 0 spiro atoms. The van der Waals surface area contributed by atoms with Gasteiger partial charge < -0.3 is 15.2 Å². The zero-order valence-corrected chi connectivity index (χ0v) is 13.0. The molecule has 0 radical (unpaired) electrons. The van der Waals surface area contributed by atoms with E-state index in [2.05, 4.69) is 10.3 Å². The monoisotopic (exact) mass is 326 g/mol. The summed E-state index contributed by atoms with van der Waals surface area (Å²) in [6.45, 7) is 0.719. The van der Waals surface area contributed by atoms with E-state index in [9.17, 15) is 9.59 Å². The SMILES string of the molecule is O=C(O)C=CCC(=O)NCc1cccc(OCc2ccccn2)c1. The van der Waals surface area contributed by atoms with Gasteiger partial charge in [-0.3, -0.25) is 9.78 Å². The lowest BCUT2D eigenvalue weighted by atomic mass is 10.2. The van der Waals surface area contributed by atoms with Crippen molar-refractivity contribution < 1.29 is 19.4 Å². The number of amides is 1. The van der Waals surface area contributed by atoms with Crippen LogP contribution < -0.4 is 10.1 Å². The molecule has 6 nitrogen and oxygen atoms in total. The number of carboxylic acids is 1. The van der Waals surface area contributed by atoms with E-state index in [1.807, 2.05) is 42.5 Å². The maximum atomic E-state index is 11.6. The van der Waals surface area contributed by atoms with Crippen LogP contribution in [0.3, 0.4) is 0 Å². The van der Waals surface area contributed by atoms with Crippen LogP contribution in [-0.2, 0) is 22.7 Å². The van der Waals surface area contributed by atoms with Crippen LogP contribution in [0.15, 0.2) is 60.8 Å². The molecule has 2 rings (SSSR count). The molecule has 2 aromatic rings. The van der Waals surface area contributed by atoms with Crippen molar-refractivity contribution in [1.29, 1.82) is 0 Å². The number of benzene rings is 1. The topological polar surface area (TPSA) is 88.5 Å². The number of nitrogens with zero attached hydrogens (tertiary/aromatic N) is 1. The maximum Gasteiger partial charge on any atom is 0.327 e. The van der Waals surface area contributed by atoms with Crippen molar-refractivity contribution in [2.24, 2.45) is 0 Å². The van der Waals surface area contributed by atoms with Gasteiger partial charge in [-0.25, -0.2) is 4.79 Å². The van der Waals surface area contributed by atoms with E-state index in [1.54, 1.807) is 6.20 Å². The van der Waals surface area contributed by atoms with E-state index in [1.165, 1.54) is 6.08 Å². The van der Waals surface area contributed by atoms with Gasteiger partial charge in [-0.15, -0.1) is 0 Å². The molecular weight excluding hydrogens is 308 g/mol. The van der Waals surface area contributed by atoms with Crippen LogP contribution in [0.25, 0.3) is 0 Å². The summed E-state index contributed by atoms with van der Waals surface area (Å²) in [4.78, 5) is 26.1. The molecule has 0 unspecified atom stereocenters. The molecule has 1 heterocycles. The summed E-state index contributed by atoms with van der Waals surface area (Å²) in [6, 6.07) is 13.0. The number of pyridine rings is 1. The van der Waals surface area contributed by atoms with Crippen LogP contribution in [0.5, 0.6) is 5.75 Å². The number of aliphatic carboxylic acids is 1. The van der Waals surface area contributed by atoms with E-state index in [-0.39, 0.29) is 12.3 Å². The Bertz CT molecular complexity index is 714. The average molecular weight is 326 g/mol. The largest absolute Gasteiger partial charge is 0.487 e. The van der Waals surface area contributed by atoms with Gasteiger partial charge in [0.1, 0.15) is 12.4 Å². The molecule has 124 valence electrons. The van der Waals surface area contributed by atoms with Gasteiger partial charge in [0.15, 0.2) is 0 Å². The highest BCUT2D eigenvalue weighted by Crippen LogP contribution is 2.14. The third-order valence-corrected chi connectivity index (χ3v) is 3.06. The number of aromatic nitrogens is 1. The predicted molar refractivity (Wildman–Crippen MR) is 88.3 cm³/mol. The second kappa shape index (κ2) is 9.09. The third-order valence-electron chi connectivity index (χ3n) is 3.06. The van der Waals surface area contributed by atoms with Crippen molar-refractivity contribution in [1.82, 2.24) is 10.3 Å². The molecule has 2 N–H and O–H groups in total. The van der Waals surface area contributed by atoms with Crippen LogP contribution in [-0.4, -0.2) is 22.0 Å². The summed E-state index contributed by atoms with van der Waals surface area (Å²) in [6.07, 6.45) is 4.00. The predicted octanol–water partition coefficient (Wildman–Crippen LogP) is 2.31. The number of hydrogen-bond donors (Lipinski definition) is 2. The van der Waals surface area contributed by atoms with Crippen LogP contribution in [0, 0.1) is 0 Å². The minimum Gasteiger partial charge on any atom is -0.487 e. The summed E-state index contributed by atoms with van der Waals surface area (Å²) in [7, 11) is 0. The van der Waals surface area contributed by atoms with Gasteiger partial charge in [0.05, 0.1) is 5.69 Å². The molecule has 0 bridgehead atoms. The lowest BCUT2D eigenvalue weighted by Crippen LogP contribution is -2.21. The standard InChI is InChI=1S/C18H18N2O4/c21-17(8-4-9-18(22)23)20-12-14-5-3-7-16(11-14)24-13-15-6-1-2-10-19-15/h1-7,9-11H,8,12-13H2,(H,20,21)(H,22,23). The Morgan fingerprint density at radius 3 is 2.83 bits per heavy atom. The molecule has 0 saturated carbocycles. The van der Waals surface area contributed by atoms with E-state index in [4.69, 9.17) is 9.84 Å². The molecule has 1 aromatic heterocycles. The minimum absolute atomic E-state index is 0.0299. The number of nitrogens with one attached hydrogen (secondary N) is 1. The average Bonchev–Trinajstić information content (AvgIpc) is 2.59. The summed E-state index contributed by atoms with van der Waals surface area (Å²) in [5.74, 6) is -0.619. The van der Waals surface area contributed by atoms with E-state index in [0.29, 0.717) is 18.9 Å². The molecular formula is C18H18N2O4. The maximum absolute atomic E-state index is 11.6. The lowest BCUT2D eigenvalue weighted by Gasteiger charge is -2.08. The van der Waals surface area contributed by atoms with Crippen molar-refractivity contribution in [2.45, 2.75) is 19.6 Å². The third kappa shape index (κ3) is 6.31. The highest BCUT2D eigenvalue weighted by Gasteiger charge is 2.02. The first-order valence-corrected chi connectivity index (χ1v) is 7.41. The van der Waals surface area contributed by atoms with Gasteiger partial charge in [-0.2, -0.15) is 0 Å². The second-order valence-corrected chi connectivity index (χ2v) is 4.98. The molecule has 0 fully saturated rings. The first-order valence-electron chi connectivity index (χ1n) is 7.41. The van der Waals surface area contributed by atoms with Crippen LogP contribution in [0.4, 0.5) is 0 Å². The fraction of sp³-hybridized carbons (Fsp3) is 0.167. The Labute approximate surface area is 139 Å². The molecule has 6 heteroatoms. The highest BCUT2D eigenvalue weighted by molar-refractivity contribution is 5.82. The summed E-state index contributed by atoms with van der Waals surface area (Å²) in [5, 5.41) is 11.2. The molecule has 1 aromatic carbocycles. The lowest BCUT2D eigenvalue weighted by molar-refractivity contribution is -0.131. The second-order valence-electron chi connectivity index (χ2n) is 4.98. The Kier molecular flexibility index (Phi) is 6.52. The zero-order chi connectivity index (χ0) is 17.2. The van der Waals surface area contributed by atoms with E-state index >= 15 is 0 Å². The Balaban J connectivity index is 1.82. The van der Waals surface area contributed by atoms with Gasteiger partial charge in [-0.05, 0) is 29.8 Å². The number of ether oxygens (including phenoxy) is 1. The van der Waals surface area contributed by atoms with Crippen molar-refractivity contribution in [3.63, 3.8) is 0 Å². The molecule has 0 atom stereocenters. The van der Waals surface area contributed by atoms with E-state index < -0.39 is 5.97 Å². The van der Waals surface area contributed by atoms with E-state index in [0.717, 1.165) is 17.3 Å². The van der Waals surface area contributed by atoms with Crippen molar-refractivity contribution in [2.75, 3.05) is 0 Å². The fourth-order valence-electron chi connectivity index (χ4n) is 1.93. The van der Waals surface area contributed by atoms with Gasteiger partial charge in [0.2, 0.25) is 5.91 Å². The Morgan fingerprint density at radius 1 is 1.21 bits per heavy atom. The number of rotatable bonds is 8. The normalized spacial score (nSPS) is 10.5. The van der Waals surface area contributed by atoms with Crippen molar-refractivity contribution in [3.8, 4) is 5.75 Å². The van der Waals surface area contributed by atoms with Crippen LogP contribution in [0.1, 0.15) is 17.7 Å².